The molecule has 0 aliphatic carbocycles. The number of ketones is 1. The summed E-state index contributed by atoms with van der Waals surface area (Å²) in [5.41, 5.74) is 0.804. The van der Waals surface area contributed by atoms with Crippen molar-refractivity contribution in [2.75, 3.05) is 0 Å². The fourth-order valence-corrected chi connectivity index (χ4v) is 2.76. The van der Waals surface area contributed by atoms with Crippen LogP contribution in [0.3, 0.4) is 0 Å². The minimum Gasteiger partial charge on any atom is -0.287 e. The third-order valence-electron chi connectivity index (χ3n) is 2.01. The molecule has 0 saturated carbocycles. The molecule has 0 unspecified atom stereocenters. The largest absolute Gasteiger partial charge is 0.287 e. The van der Waals surface area contributed by atoms with Crippen molar-refractivity contribution >= 4 is 28.7 Å². The Morgan fingerprint density at radius 3 is 2.87 bits per heavy atom. The Hall–Kier alpha value is -1.07. The summed E-state index contributed by atoms with van der Waals surface area (Å²) in [5.74, 6) is 0.284. The van der Waals surface area contributed by atoms with Crippen molar-refractivity contribution in [2.45, 2.75) is 19.8 Å². The predicted molar refractivity (Wildman–Crippen MR) is 61.7 cm³/mol. The maximum atomic E-state index is 12.0. The number of carbonyl (C=O) groups is 1. The van der Waals surface area contributed by atoms with Crippen LogP contribution in [0.4, 0.5) is 0 Å². The molecule has 0 bridgehead atoms. The van der Waals surface area contributed by atoms with Gasteiger partial charge in [-0.2, -0.15) is 0 Å². The van der Waals surface area contributed by atoms with Gasteiger partial charge in [-0.05, 0) is 28.9 Å². The molecular formula is C10H10N2OS2. The number of thiophene rings is 1. The Bertz CT molecular complexity index is 459. The van der Waals surface area contributed by atoms with Crippen LogP contribution in [-0.2, 0) is 0 Å². The standard InChI is InChI=1S/C10H10N2OS2/c1-6(2)8-10(15-12-11-8)9(13)7-4-3-5-14-7/h3-6H,1-2H3. The SMILES string of the molecule is CC(C)c1nnsc1C(=O)c1cccs1. The molecule has 0 spiro atoms. The van der Waals surface area contributed by atoms with Gasteiger partial charge in [0.15, 0.2) is 0 Å². The molecule has 0 atom stereocenters. The summed E-state index contributed by atoms with van der Waals surface area (Å²) in [5, 5.41) is 5.90. The van der Waals surface area contributed by atoms with E-state index >= 15 is 0 Å². The van der Waals surface area contributed by atoms with Crippen LogP contribution in [0.25, 0.3) is 0 Å². The van der Waals surface area contributed by atoms with Gasteiger partial charge in [0.1, 0.15) is 4.88 Å². The summed E-state index contributed by atoms with van der Waals surface area (Å²) in [6.07, 6.45) is 0. The lowest BCUT2D eigenvalue weighted by Gasteiger charge is -2.01. The maximum Gasteiger partial charge on any atom is 0.216 e. The first kappa shape index (κ1) is 10.4. The molecule has 78 valence electrons. The summed E-state index contributed by atoms with van der Waals surface area (Å²) in [7, 11) is 0. The van der Waals surface area contributed by atoms with E-state index < -0.39 is 0 Å². The van der Waals surface area contributed by atoms with Crippen LogP contribution in [0, 0.1) is 0 Å². The molecule has 0 aromatic carbocycles. The first-order valence-electron chi connectivity index (χ1n) is 4.60. The second-order valence-electron chi connectivity index (χ2n) is 3.45. The lowest BCUT2D eigenvalue weighted by atomic mass is 10.1. The van der Waals surface area contributed by atoms with E-state index in [0.717, 1.165) is 10.6 Å². The lowest BCUT2D eigenvalue weighted by Crippen LogP contribution is -2.02. The smallest absolute Gasteiger partial charge is 0.216 e. The Morgan fingerprint density at radius 1 is 1.47 bits per heavy atom. The first-order chi connectivity index (χ1) is 7.20. The highest BCUT2D eigenvalue weighted by molar-refractivity contribution is 7.14. The minimum absolute atomic E-state index is 0.0451. The summed E-state index contributed by atoms with van der Waals surface area (Å²) in [6.45, 7) is 4.03. The molecule has 2 aromatic heterocycles. The van der Waals surface area contributed by atoms with Crippen LogP contribution in [-0.4, -0.2) is 15.4 Å². The van der Waals surface area contributed by atoms with Gasteiger partial charge >= 0.3 is 0 Å². The van der Waals surface area contributed by atoms with Gasteiger partial charge in [0.25, 0.3) is 0 Å². The van der Waals surface area contributed by atoms with E-state index in [1.54, 1.807) is 0 Å². The molecule has 0 aliphatic heterocycles. The number of hydrogen-bond donors (Lipinski definition) is 0. The quantitative estimate of drug-likeness (QED) is 0.772. The van der Waals surface area contributed by atoms with Crippen LogP contribution >= 0.6 is 22.9 Å². The highest BCUT2D eigenvalue weighted by Gasteiger charge is 2.20. The molecule has 0 fully saturated rings. The van der Waals surface area contributed by atoms with Crippen LogP contribution in [0.2, 0.25) is 0 Å². The number of hydrogen-bond acceptors (Lipinski definition) is 5. The Morgan fingerprint density at radius 2 is 2.27 bits per heavy atom. The topological polar surface area (TPSA) is 42.9 Å². The van der Waals surface area contributed by atoms with E-state index in [2.05, 4.69) is 9.59 Å². The number of aromatic nitrogens is 2. The van der Waals surface area contributed by atoms with Crippen molar-refractivity contribution < 1.29 is 4.79 Å². The Kier molecular flexibility index (Phi) is 2.93. The second-order valence-corrected chi connectivity index (χ2v) is 5.15. The van der Waals surface area contributed by atoms with Crippen molar-refractivity contribution in [3.05, 3.63) is 33.0 Å². The molecule has 15 heavy (non-hydrogen) atoms. The number of nitrogens with zero attached hydrogens (tertiary/aromatic N) is 2. The summed E-state index contributed by atoms with van der Waals surface area (Å²) in [4.78, 5) is 13.5. The third-order valence-corrected chi connectivity index (χ3v) is 3.62. The van der Waals surface area contributed by atoms with Gasteiger partial charge in [0, 0.05) is 0 Å². The lowest BCUT2D eigenvalue weighted by molar-refractivity contribution is 0.104. The van der Waals surface area contributed by atoms with Gasteiger partial charge in [0.2, 0.25) is 5.78 Å². The molecule has 0 radical (unpaired) electrons. The van der Waals surface area contributed by atoms with Crippen LogP contribution in [0.1, 0.15) is 40.0 Å². The van der Waals surface area contributed by atoms with Crippen molar-refractivity contribution in [1.82, 2.24) is 9.59 Å². The van der Waals surface area contributed by atoms with E-state index in [0.29, 0.717) is 4.88 Å². The van der Waals surface area contributed by atoms with E-state index in [1.165, 1.54) is 22.9 Å². The molecule has 0 aliphatic rings. The van der Waals surface area contributed by atoms with E-state index in [9.17, 15) is 4.79 Å². The van der Waals surface area contributed by atoms with Crippen LogP contribution < -0.4 is 0 Å². The molecule has 3 nitrogen and oxygen atoms in total. The van der Waals surface area contributed by atoms with Crippen LogP contribution in [0.5, 0.6) is 0 Å². The summed E-state index contributed by atoms with van der Waals surface area (Å²) < 4.78 is 3.85. The number of rotatable bonds is 3. The van der Waals surface area contributed by atoms with Gasteiger partial charge < -0.3 is 0 Å². The van der Waals surface area contributed by atoms with E-state index in [4.69, 9.17) is 0 Å². The predicted octanol–water partition coefficient (Wildman–Crippen LogP) is 2.95. The monoisotopic (exact) mass is 238 g/mol. The molecule has 0 amide bonds. The van der Waals surface area contributed by atoms with Gasteiger partial charge in [0.05, 0.1) is 10.6 Å². The number of carbonyl (C=O) groups excluding carboxylic acids is 1. The maximum absolute atomic E-state index is 12.0. The van der Waals surface area contributed by atoms with Gasteiger partial charge in [-0.15, -0.1) is 16.4 Å². The van der Waals surface area contributed by atoms with E-state index in [-0.39, 0.29) is 11.7 Å². The zero-order valence-electron chi connectivity index (χ0n) is 8.43. The van der Waals surface area contributed by atoms with Crippen LogP contribution in [0.15, 0.2) is 17.5 Å². The highest BCUT2D eigenvalue weighted by atomic mass is 32.1. The zero-order chi connectivity index (χ0) is 10.8. The highest BCUT2D eigenvalue weighted by Crippen LogP contribution is 2.24. The van der Waals surface area contributed by atoms with Gasteiger partial charge in [-0.25, -0.2) is 0 Å². The first-order valence-corrected chi connectivity index (χ1v) is 6.26. The fraction of sp³-hybridized carbons (Fsp3) is 0.300. The van der Waals surface area contributed by atoms with Crippen molar-refractivity contribution in [3.63, 3.8) is 0 Å². The summed E-state index contributed by atoms with van der Waals surface area (Å²) >= 11 is 2.63. The fourth-order valence-electron chi connectivity index (χ4n) is 1.25. The molecule has 0 N–H and O–H groups in total. The van der Waals surface area contributed by atoms with Gasteiger partial charge in [-0.3, -0.25) is 4.79 Å². The molecular weight excluding hydrogens is 228 g/mol. The van der Waals surface area contributed by atoms with E-state index in [1.807, 2.05) is 31.4 Å². The minimum atomic E-state index is 0.0451. The van der Waals surface area contributed by atoms with Crippen molar-refractivity contribution in [2.24, 2.45) is 0 Å². The van der Waals surface area contributed by atoms with Crippen molar-refractivity contribution in [1.29, 1.82) is 0 Å². The van der Waals surface area contributed by atoms with Crippen molar-refractivity contribution in [3.8, 4) is 0 Å². The molecule has 5 heteroatoms. The molecule has 0 saturated heterocycles. The average Bonchev–Trinajstić information content (AvgIpc) is 2.88. The molecule has 2 aromatic rings. The zero-order valence-corrected chi connectivity index (χ0v) is 10.1. The normalized spacial score (nSPS) is 10.9. The average molecular weight is 238 g/mol. The summed E-state index contributed by atoms with van der Waals surface area (Å²) in [6, 6.07) is 3.71. The second kappa shape index (κ2) is 4.20. The Labute approximate surface area is 95.9 Å². The molecule has 2 heterocycles. The molecule has 2 rings (SSSR count). The Balaban J connectivity index is 2.38. The van der Waals surface area contributed by atoms with Gasteiger partial charge in [-0.1, -0.05) is 24.4 Å². The third kappa shape index (κ3) is 1.98.